The smallest absolute Gasteiger partial charge is 0.410 e. The van der Waals surface area contributed by atoms with Crippen molar-refractivity contribution in [3.8, 4) is 0 Å². The number of fused-ring (bicyclic) bond motifs is 2. The molecule has 2 aliphatic heterocycles. The molecule has 4 nitrogen and oxygen atoms in total. The first-order valence-corrected chi connectivity index (χ1v) is 7.41. The first kappa shape index (κ1) is 14.6. The molecular formula is C15H27NO3. The molecule has 0 saturated carbocycles. The zero-order valence-electron chi connectivity index (χ0n) is 12.6. The van der Waals surface area contributed by atoms with E-state index in [1.54, 1.807) is 7.11 Å². The molecule has 19 heavy (non-hydrogen) atoms. The SMILES string of the molecule is COCCC1CC2CCC(C1)N2C(=O)OC(C)(C)C. The second kappa shape index (κ2) is 5.70. The molecule has 0 N–H and O–H groups in total. The first-order chi connectivity index (χ1) is 8.90. The van der Waals surface area contributed by atoms with Crippen LogP contribution in [0.3, 0.4) is 0 Å². The van der Waals surface area contributed by atoms with Gasteiger partial charge in [0.2, 0.25) is 0 Å². The molecule has 0 aliphatic carbocycles. The Morgan fingerprint density at radius 3 is 2.26 bits per heavy atom. The molecule has 0 aromatic carbocycles. The second-order valence-electron chi connectivity index (χ2n) is 6.89. The van der Waals surface area contributed by atoms with Gasteiger partial charge >= 0.3 is 6.09 Å². The largest absolute Gasteiger partial charge is 0.444 e. The second-order valence-corrected chi connectivity index (χ2v) is 6.89. The number of rotatable bonds is 3. The third-order valence-electron chi connectivity index (χ3n) is 4.17. The van der Waals surface area contributed by atoms with Crippen LogP contribution in [0, 0.1) is 5.92 Å². The van der Waals surface area contributed by atoms with Gasteiger partial charge in [-0.1, -0.05) is 0 Å². The highest BCUT2D eigenvalue weighted by Crippen LogP contribution is 2.40. The third-order valence-corrected chi connectivity index (χ3v) is 4.17. The van der Waals surface area contributed by atoms with Gasteiger partial charge in [-0.2, -0.15) is 0 Å². The molecule has 1 amide bonds. The molecule has 110 valence electrons. The van der Waals surface area contributed by atoms with Crippen molar-refractivity contribution in [1.82, 2.24) is 4.90 Å². The van der Waals surface area contributed by atoms with Gasteiger partial charge in [0.15, 0.2) is 0 Å². The summed E-state index contributed by atoms with van der Waals surface area (Å²) >= 11 is 0. The highest BCUT2D eigenvalue weighted by atomic mass is 16.6. The van der Waals surface area contributed by atoms with Crippen LogP contribution in [-0.4, -0.2) is 42.4 Å². The molecule has 0 aromatic rings. The van der Waals surface area contributed by atoms with E-state index in [9.17, 15) is 4.79 Å². The van der Waals surface area contributed by atoms with Crippen LogP contribution in [0.1, 0.15) is 52.9 Å². The third kappa shape index (κ3) is 3.62. The van der Waals surface area contributed by atoms with Gasteiger partial charge in [-0.3, -0.25) is 0 Å². The van der Waals surface area contributed by atoms with Gasteiger partial charge in [-0.15, -0.1) is 0 Å². The van der Waals surface area contributed by atoms with Gasteiger partial charge < -0.3 is 14.4 Å². The topological polar surface area (TPSA) is 38.8 Å². The van der Waals surface area contributed by atoms with E-state index < -0.39 is 5.60 Å². The summed E-state index contributed by atoms with van der Waals surface area (Å²) in [4.78, 5) is 14.3. The van der Waals surface area contributed by atoms with Crippen LogP contribution >= 0.6 is 0 Å². The first-order valence-electron chi connectivity index (χ1n) is 7.41. The molecule has 0 aromatic heterocycles. The lowest BCUT2D eigenvalue weighted by Gasteiger charge is -2.39. The number of nitrogens with zero attached hydrogens (tertiary/aromatic N) is 1. The predicted molar refractivity (Wildman–Crippen MR) is 74.1 cm³/mol. The zero-order valence-corrected chi connectivity index (χ0v) is 12.6. The monoisotopic (exact) mass is 269 g/mol. The Morgan fingerprint density at radius 2 is 1.79 bits per heavy atom. The van der Waals surface area contributed by atoms with E-state index >= 15 is 0 Å². The fourth-order valence-corrected chi connectivity index (χ4v) is 3.42. The molecule has 2 atom stereocenters. The Morgan fingerprint density at radius 1 is 1.21 bits per heavy atom. The molecule has 2 saturated heterocycles. The van der Waals surface area contributed by atoms with E-state index in [4.69, 9.17) is 9.47 Å². The van der Waals surface area contributed by atoms with Crippen LogP contribution in [0.4, 0.5) is 4.79 Å². The summed E-state index contributed by atoms with van der Waals surface area (Å²) in [6, 6.07) is 0.769. The van der Waals surface area contributed by atoms with Crippen molar-refractivity contribution in [3.63, 3.8) is 0 Å². The van der Waals surface area contributed by atoms with Crippen LogP contribution in [0.2, 0.25) is 0 Å². The van der Waals surface area contributed by atoms with E-state index in [1.807, 2.05) is 25.7 Å². The fraction of sp³-hybridized carbons (Fsp3) is 0.933. The number of carbonyl (C=O) groups excluding carboxylic acids is 1. The van der Waals surface area contributed by atoms with E-state index in [0.717, 1.165) is 38.7 Å². The maximum atomic E-state index is 12.3. The minimum absolute atomic E-state index is 0.120. The lowest BCUT2D eigenvalue weighted by Crippen LogP contribution is -2.48. The lowest BCUT2D eigenvalue weighted by molar-refractivity contribution is 0.000278. The van der Waals surface area contributed by atoms with Crippen molar-refractivity contribution in [3.05, 3.63) is 0 Å². The normalized spacial score (nSPS) is 30.5. The number of hydrogen-bond acceptors (Lipinski definition) is 3. The Hall–Kier alpha value is -0.770. The van der Waals surface area contributed by atoms with E-state index in [2.05, 4.69) is 0 Å². The van der Waals surface area contributed by atoms with Crippen LogP contribution < -0.4 is 0 Å². The Bertz CT molecular complexity index is 310. The van der Waals surface area contributed by atoms with Gasteiger partial charge in [-0.25, -0.2) is 4.79 Å². The zero-order chi connectivity index (χ0) is 14.0. The van der Waals surface area contributed by atoms with Gasteiger partial charge in [0.25, 0.3) is 0 Å². The molecule has 0 radical (unpaired) electrons. The van der Waals surface area contributed by atoms with Crippen LogP contribution in [0.25, 0.3) is 0 Å². The molecule has 2 heterocycles. The average Bonchev–Trinajstić information content (AvgIpc) is 2.56. The van der Waals surface area contributed by atoms with Crippen LogP contribution in [0.5, 0.6) is 0 Å². The number of amides is 1. The Labute approximate surface area is 116 Å². The Balaban J connectivity index is 1.93. The van der Waals surface area contributed by atoms with Crippen molar-refractivity contribution in [1.29, 1.82) is 0 Å². The minimum Gasteiger partial charge on any atom is -0.444 e. The summed E-state index contributed by atoms with van der Waals surface area (Å²) in [6.07, 6.45) is 5.48. The predicted octanol–water partition coefficient (Wildman–Crippen LogP) is 3.20. The van der Waals surface area contributed by atoms with Crippen LogP contribution in [-0.2, 0) is 9.47 Å². The van der Waals surface area contributed by atoms with Crippen molar-refractivity contribution >= 4 is 6.09 Å². The lowest BCUT2D eigenvalue weighted by atomic mass is 9.88. The quantitative estimate of drug-likeness (QED) is 0.789. The van der Waals surface area contributed by atoms with Gasteiger partial charge in [0.1, 0.15) is 5.60 Å². The number of piperidine rings is 1. The summed E-state index contributed by atoms with van der Waals surface area (Å²) in [5, 5.41) is 0. The average molecular weight is 269 g/mol. The summed E-state index contributed by atoms with van der Waals surface area (Å²) in [7, 11) is 1.75. The molecule has 2 aliphatic rings. The molecule has 2 fully saturated rings. The van der Waals surface area contributed by atoms with Crippen LogP contribution in [0.15, 0.2) is 0 Å². The number of methoxy groups -OCH3 is 1. The molecule has 2 unspecified atom stereocenters. The highest BCUT2D eigenvalue weighted by Gasteiger charge is 2.44. The van der Waals surface area contributed by atoms with Crippen molar-refractivity contribution in [2.45, 2.75) is 70.6 Å². The van der Waals surface area contributed by atoms with Crippen molar-refractivity contribution in [2.24, 2.45) is 5.92 Å². The maximum absolute atomic E-state index is 12.3. The van der Waals surface area contributed by atoms with E-state index in [0.29, 0.717) is 18.0 Å². The number of ether oxygens (including phenoxy) is 2. The van der Waals surface area contributed by atoms with Gasteiger partial charge in [-0.05, 0) is 58.8 Å². The minimum atomic E-state index is -0.399. The van der Waals surface area contributed by atoms with E-state index in [-0.39, 0.29) is 6.09 Å². The molecule has 2 rings (SSSR count). The maximum Gasteiger partial charge on any atom is 0.410 e. The number of carbonyl (C=O) groups is 1. The fourth-order valence-electron chi connectivity index (χ4n) is 3.42. The Kier molecular flexibility index (Phi) is 4.39. The number of hydrogen-bond donors (Lipinski definition) is 0. The molecule has 2 bridgehead atoms. The molecule has 0 spiro atoms. The summed E-state index contributed by atoms with van der Waals surface area (Å²) < 4.78 is 10.7. The van der Waals surface area contributed by atoms with Gasteiger partial charge in [0, 0.05) is 25.8 Å². The molecule has 4 heteroatoms. The van der Waals surface area contributed by atoms with Crippen molar-refractivity contribution < 1.29 is 14.3 Å². The molecular weight excluding hydrogens is 242 g/mol. The van der Waals surface area contributed by atoms with Gasteiger partial charge in [0.05, 0.1) is 0 Å². The summed E-state index contributed by atoms with van der Waals surface area (Å²) in [6.45, 7) is 6.62. The van der Waals surface area contributed by atoms with E-state index in [1.165, 1.54) is 0 Å². The summed E-state index contributed by atoms with van der Waals surface area (Å²) in [5.74, 6) is 0.705. The standard InChI is InChI=1S/C15H27NO3/c1-15(2,3)19-14(17)16-12-5-6-13(16)10-11(9-12)7-8-18-4/h11-13H,5-10H2,1-4H3. The highest BCUT2D eigenvalue weighted by molar-refractivity contribution is 5.69. The summed E-state index contributed by atoms with van der Waals surface area (Å²) in [5.41, 5.74) is -0.399. The van der Waals surface area contributed by atoms with Crippen molar-refractivity contribution in [2.75, 3.05) is 13.7 Å².